The molecule has 0 fully saturated rings. The fraction of sp³-hybridized carbons (Fsp3) is 0.400. The third-order valence-electron chi connectivity index (χ3n) is 2.08. The number of carbonyl (C=O) groups is 2. The molecule has 1 rings (SSSR count). The number of carbonyl (C=O) groups excluding carboxylic acids is 1. The van der Waals surface area contributed by atoms with Crippen molar-refractivity contribution in [1.82, 2.24) is 0 Å². The molecule has 1 N–H and O–H groups in total. The minimum Gasteiger partial charge on any atom is -0.481 e. The standard InChI is InChI=1S/C10H11O2.C5H10O2.Zn/c1-3-12-10(11)9-6-4-5-8(2)7-9;1-5(2,3)4(6)7;/h4-7H,2-3H2,1H3;1-3H3,(H,6,7);/q-1;;. The summed E-state index contributed by atoms with van der Waals surface area (Å²) in [4.78, 5) is 21.2. The molecule has 108 valence electrons. The van der Waals surface area contributed by atoms with Gasteiger partial charge >= 0.3 is 11.9 Å². The third kappa shape index (κ3) is 8.70. The van der Waals surface area contributed by atoms with Gasteiger partial charge in [-0.15, -0.1) is 12.1 Å². The van der Waals surface area contributed by atoms with Gasteiger partial charge in [0.1, 0.15) is 0 Å². The zero-order chi connectivity index (χ0) is 15.1. The number of hydrogen-bond donors (Lipinski definition) is 1. The molecule has 0 amide bonds. The van der Waals surface area contributed by atoms with E-state index in [9.17, 15) is 9.59 Å². The van der Waals surface area contributed by atoms with Crippen LogP contribution >= 0.6 is 0 Å². The smallest absolute Gasteiger partial charge is 0.325 e. The number of ether oxygens (including phenoxy) is 1. The summed E-state index contributed by atoms with van der Waals surface area (Å²) in [6, 6.07) is 7.04. The van der Waals surface area contributed by atoms with E-state index in [1.54, 1.807) is 45.9 Å². The summed E-state index contributed by atoms with van der Waals surface area (Å²) in [6.45, 7) is 10.9. The largest absolute Gasteiger partial charge is 0.481 e. The van der Waals surface area contributed by atoms with Gasteiger partial charge in [0.25, 0.3) is 0 Å². The van der Waals surface area contributed by atoms with Crippen molar-refractivity contribution >= 4 is 11.9 Å². The van der Waals surface area contributed by atoms with Crippen molar-refractivity contribution in [3.05, 3.63) is 42.3 Å². The van der Waals surface area contributed by atoms with Gasteiger partial charge in [-0.1, -0.05) is 6.07 Å². The summed E-state index contributed by atoms with van der Waals surface area (Å²) in [5, 5.41) is 8.25. The molecular formula is C15H21O4Zn-. The molecule has 0 saturated carbocycles. The number of rotatable bonds is 2. The fourth-order valence-corrected chi connectivity index (χ4v) is 0.913. The van der Waals surface area contributed by atoms with Crippen LogP contribution in [0.2, 0.25) is 0 Å². The maximum atomic E-state index is 11.1. The normalized spacial score (nSPS) is 9.60. The van der Waals surface area contributed by atoms with Gasteiger partial charge in [0, 0.05) is 25.0 Å². The van der Waals surface area contributed by atoms with E-state index in [0.29, 0.717) is 12.2 Å². The van der Waals surface area contributed by atoms with Gasteiger partial charge in [0.15, 0.2) is 0 Å². The monoisotopic (exact) mass is 329 g/mol. The van der Waals surface area contributed by atoms with Crippen molar-refractivity contribution in [2.45, 2.75) is 27.7 Å². The molecule has 1 aromatic rings. The first-order valence-electron chi connectivity index (χ1n) is 6.01. The number of carboxylic acid groups (broad SMARTS) is 1. The summed E-state index contributed by atoms with van der Waals surface area (Å²) < 4.78 is 4.82. The van der Waals surface area contributed by atoms with Gasteiger partial charge in [-0.25, -0.2) is 4.79 Å². The Morgan fingerprint density at radius 2 is 1.80 bits per heavy atom. The molecule has 0 radical (unpaired) electrons. The minimum absolute atomic E-state index is 0. The number of carboxylic acids is 1. The Balaban J connectivity index is 0. The van der Waals surface area contributed by atoms with Crippen molar-refractivity contribution in [3.63, 3.8) is 0 Å². The average Bonchev–Trinajstić information content (AvgIpc) is 2.29. The van der Waals surface area contributed by atoms with Gasteiger partial charge < -0.3 is 9.84 Å². The maximum Gasteiger partial charge on any atom is 0.325 e. The molecule has 0 aliphatic carbocycles. The zero-order valence-corrected chi connectivity index (χ0v) is 15.6. The van der Waals surface area contributed by atoms with Crippen molar-refractivity contribution in [2.75, 3.05) is 6.61 Å². The van der Waals surface area contributed by atoms with E-state index in [-0.39, 0.29) is 25.4 Å². The third-order valence-corrected chi connectivity index (χ3v) is 2.08. The van der Waals surface area contributed by atoms with Crippen LogP contribution in [0.5, 0.6) is 0 Å². The van der Waals surface area contributed by atoms with E-state index < -0.39 is 11.4 Å². The molecule has 0 atom stereocenters. The van der Waals surface area contributed by atoms with Crippen LogP contribution in [0.1, 0.15) is 43.6 Å². The summed E-state index contributed by atoms with van der Waals surface area (Å²) in [5.41, 5.74) is 0.796. The number of aliphatic carboxylic acids is 1. The molecule has 0 saturated heterocycles. The second kappa shape index (κ2) is 9.54. The molecule has 1 aromatic carbocycles. The SMILES string of the molecule is CC(C)(C)C(=O)O.[CH2-]c1cccc(C(=O)OCC)c1.[Zn]. The van der Waals surface area contributed by atoms with Gasteiger partial charge in [-0.3, -0.25) is 4.79 Å². The van der Waals surface area contributed by atoms with Crippen LogP contribution < -0.4 is 0 Å². The molecule has 0 unspecified atom stereocenters. The van der Waals surface area contributed by atoms with Crippen LogP contribution in [0.25, 0.3) is 0 Å². The molecule has 0 heterocycles. The molecule has 0 bridgehead atoms. The summed E-state index contributed by atoms with van der Waals surface area (Å²) in [6.07, 6.45) is 0. The zero-order valence-electron chi connectivity index (χ0n) is 12.6. The van der Waals surface area contributed by atoms with Gasteiger partial charge in [-0.05, 0) is 27.7 Å². The Kier molecular flexibility index (Phi) is 10.00. The number of esters is 1. The van der Waals surface area contributed by atoms with E-state index in [1.807, 2.05) is 6.07 Å². The molecule has 5 heteroatoms. The van der Waals surface area contributed by atoms with Crippen LogP contribution in [-0.2, 0) is 29.0 Å². The van der Waals surface area contributed by atoms with Gasteiger partial charge in [-0.2, -0.15) is 18.6 Å². The van der Waals surface area contributed by atoms with Gasteiger partial charge in [0.2, 0.25) is 0 Å². The number of hydrogen-bond acceptors (Lipinski definition) is 3. The first-order chi connectivity index (χ1) is 8.68. The quantitative estimate of drug-likeness (QED) is 0.514. The Morgan fingerprint density at radius 3 is 2.15 bits per heavy atom. The second-order valence-corrected chi connectivity index (χ2v) is 4.98. The Morgan fingerprint density at radius 1 is 1.30 bits per heavy atom. The molecule has 0 spiro atoms. The average molecular weight is 331 g/mol. The van der Waals surface area contributed by atoms with Crippen LogP contribution in [0.15, 0.2) is 24.3 Å². The molecule has 0 aliphatic rings. The van der Waals surface area contributed by atoms with Crippen molar-refractivity contribution in [1.29, 1.82) is 0 Å². The van der Waals surface area contributed by atoms with Crippen LogP contribution in [0, 0.1) is 12.3 Å². The minimum atomic E-state index is -0.757. The van der Waals surface area contributed by atoms with Crippen molar-refractivity contribution < 1.29 is 38.9 Å². The first kappa shape index (κ1) is 21.0. The predicted octanol–water partition coefficient (Wildman–Crippen LogP) is 3.16. The molecule has 4 nitrogen and oxygen atoms in total. The Hall–Kier alpha value is -1.35. The van der Waals surface area contributed by atoms with Crippen LogP contribution in [-0.4, -0.2) is 23.7 Å². The van der Waals surface area contributed by atoms with E-state index in [0.717, 1.165) is 5.56 Å². The van der Waals surface area contributed by atoms with Crippen molar-refractivity contribution in [3.8, 4) is 0 Å². The molecule has 0 aromatic heterocycles. The van der Waals surface area contributed by atoms with Crippen LogP contribution in [0.3, 0.4) is 0 Å². The Labute approximate surface area is 133 Å². The summed E-state index contributed by atoms with van der Waals surface area (Å²) in [5.74, 6) is -1.05. The first-order valence-corrected chi connectivity index (χ1v) is 6.01. The van der Waals surface area contributed by atoms with E-state index in [2.05, 4.69) is 6.92 Å². The van der Waals surface area contributed by atoms with E-state index >= 15 is 0 Å². The molecule has 0 aliphatic heterocycles. The molecular weight excluding hydrogens is 310 g/mol. The van der Waals surface area contributed by atoms with Crippen LogP contribution in [0.4, 0.5) is 0 Å². The summed E-state index contributed by atoms with van der Waals surface area (Å²) in [7, 11) is 0. The van der Waals surface area contributed by atoms with Gasteiger partial charge in [0.05, 0.1) is 12.0 Å². The van der Waals surface area contributed by atoms with E-state index in [4.69, 9.17) is 9.84 Å². The van der Waals surface area contributed by atoms with Crippen molar-refractivity contribution in [2.24, 2.45) is 5.41 Å². The Bertz CT molecular complexity index is 436. The second-order valence-electron chi connectivity index (χ2n) is 4.98. The maximum absolute atomic E-state index is 11.1. The fourth-order valence-electron chi connectivity index (χ4n) is 0.913. The number of benzene rings is 1. The summed E-state index contributed by atoms with van der Waals surface area (Å²) >= 11 is 0. The topological polar surface area (TPSA) is 63.6 Å². The van der Waals surface area contributed by atoms with E-state index in [1.165, 1.54) is 0 Å². The molecule has 20 heavy (non-hydrogen) atoms. The predicted molar refractivity (Wildman–Crippen MR) is 73.9 cm³/mol.